The molecule has 0 amide bonds. The molecule has 0 spiro atoms. The summed E-state index contributed by atoms with van der Waals surface area (Å²) in [6.07, 6.45) is 3.06. The van der Waals surface area contributed by atoms with Crippen molar-refractivity contribution in [2.24, 2.45) is 0 Å². The van der Waals surface area contributed by atoms with Crippen molar-refractivity contribution in [1.29, 1.82) is 0 Å². The van der Waals surface area contributed by atoms with Crippen molar-refractivity contribution in [1.82, 2.24) is 9.78 Å². The first kappa shape index (κ1) is 10.5. The number of carboxylic acids is 1. The topological polar surface area (TPSA) is 55.1 Å². The summed E-state index contributed by atoms with van der Waals surface area (Å²) in [6.45, 7) is -0.0352. The lowest BCUT2D eigenvalue weighted by Crippen LogP contribution is -2.12. The van der Waals surface area contributed by atoms with Crippen LogP contribution < -0.4 is 0 Å². The fourth-order valence-corrected chi connectivity index (χ4v) is 3.04. The van der Waals surface area contributed by atoms with Gasteiger partial charge in [0.05, 0.1) is 5.69 Å². The molecular weight excluding hydrogens is 236 g/mol. The Morgan fingerprint density at radius 2 is 2.41 bits per heavy atom. The van der Waals surface area contributed by atoms with Crippen molar-refractivity contribution in [2.75, 3.05) is 0 Å². The van der Waals surface area contributed by atoms with Gasteiger partial charge >= 0.3 is 5.97 Å². The number of nitrogens with zero attached hydrogens (tertiary/aromatic N) is 2. The molecule has 2 aromatic heterocycles. The first-order chi connectivity index (χ1) is 8.25. The third-order valence-electron chi connectivity index (χ3n) is 3.09. The summed E-state index contributed by atoms with van der Waals surface area (Å²) in [5.74, 6) is -0.834. The zero-order valence-electron chi connectivity index (χ0n) is 9.22. The van der Waals surface area contributed by atoms with Gasteiger partial charge in [0.15, 0.2) is 0 Å². The van der Waals surface area contributed by atoms with E-state index in [1.807, 2.05) is 11.4 Å². The second kappa shape index (κ2) is 4.00. The molecule has 2 heterocycles. The second-order valence-corrected chi connectivity index (χ2v) is 4.97. The summed E-state index contributed by atoms with van der Waals surface area (Å²) < 4.78 is 1.65. The van der Waals surface area contributed by atoms with E-state index in [2.05, 4.69) is 10.5 Å². The maximum Gasteiger partial charge on any atom is 0.325 e. The van der Waals surface area contributed by atoms with E-state index < -0.39 is 5.97 Å². The maximum atomic E-state index is 10.8. The van der Waals surface area contributed by atoms with Gasteiger partial charge < -0.3 is 5.11 Å². The predicted molar refractivity (Wildman–Crippen MR) is 65.2 cm³/mol. The summed E-state index contributed by atoms with van der Waals surface area (Å²) in [7, 11) is 0. The predicted octanol–water partition coefficient (Wildman–Crippen LogP) is 2.18. The van der Waals surface area contributed by atoms with Crippen LogP contribution in [0.2, 0.25) is 0 Å². The van der Waals surface area contributed by atoms with Crippen molar-refractivity contribution in [3.05, 3.63) is 28.1 Å². The molecule has 5 heteroatoms. The molecule has 0 unspecified atom stereocenters. The molecule has 0 radical (unpaired) electrons. The monoisotopic (exact) mass is 248 g/mol. The number of carbonyl (C=O) groups is 1. The van der Waals surface area contributed by atoms with Gasteiger partial charge in [-0.1, -0.05) is 0 Å². The molecule has 1 aliphatic carbocycles. The maximum absolute atomic E-state index is 10.8. The molecule has 0 aliphatic heterocycles. The van der Waals surface area contributed by atoms with Gasteiger partial charge in [-0.15, -0.1) is 0 Å². The molecule has 88 valence electrons. The summed E-state index contributed by atoms with van der Waals surface area (Å²) >= 11 is 1.64. The van der Waals surface area contributed by atoms with Crippen LogP contribution in [0.4, 0.5) is 0 Å². The van der Waals surface area contributed by atoms with Gasteiger partial charge in [-0.2, -0.15) is 16.4 Å². The van der Waals surface area contributed by atoms with Crippen molar-refractivity contribution in [3.63, 3.8) is 0 Å². The quantitative estimate of drug-likeness (QED) is 0.905. The fraction of sp³-hybridized carbons (Fsp3) is 0.333. The number of fused-ring (bicyclic) bond motifs is 1. The number of rotatable bonds is 3. The van der Waals surface area contributed by atoms with E-state index >= 15 is 0 Å². The van der Waals surface area contributed by atoms with Crippen LogP contribution >= 0.6 is 11.3 Å². The molecule has 4 nitrogen and oxygen atoms in total. The van der Waals surface area contributed by atoms with Gasteiger partial charge in [-0.05, 0) is 30.7 Å². The van der Waals surface area contributed by atoms with Crippen molar-refractivity contribution in [2.45, 2.75) is 25.8 Å². The van der Waals surface area contributed by atoms with Crippen LogP contribution in [-0.2, 0) is 24.2 Å². The van der Waals surface area contributed by atoms with Crippen LogP contribution in [0.15, 0.2) is 16.8 Å². The highest BCUT2D eigenvalue weighted by Gasteiger charge is 2.24. The summed E-state index contributed by atoms with van der Waals surface area (Å²) in [5.41, 5.74) is 4.43. The smallest absolute Gasteiger partial charge is 0.325 e. The highest BCUT2D eigenvalue weighted by molar-refractivity contribution is 7.08. The van der Waals surface area contributed by atoms with E-state index in [4.69, 9.17) is 5.11 Å². The number of hydrogen-bond donors (Lipinski definition) is 1. The normalized spacial score (nSPS) is 13.9. The van der Waals surface area contributed by atoms with Gasteiger partial charge in [-0.25, -0.2) is 0 Å². The summed E-state index contributed by atoms with van der Waals surface area (Å²) in [5, 5.41) is 17.4. The van der Waals surface area contributed by atoms with Crippen LogP contribution in [0.5, 0.6) is 0 Å². The largest absolute Gasteiger partial charge is 0.480 e. The molecule has 17 heavy (non-hydrogen) atoms. The lowest BCUT2D eigenvalue weighted by molar-refractivity contribution is -0.137. The molecule has 0 saturated heterocycles. The molecule has 0 bridgehead atoms. The van der Waals surface area contributed by atoms with Crippen LogP contribution in [0, 0.1) is 0 Å². The van der Waals surface area contributed by atoms with Crippen LogP contribution in [-0.4, -0.2) is 20.9 Å². The molecule has 1 aliphatic rings. The number of thiophene rings is 1. The van der Waals surface area contributed by atoms with Crippen LogP contribution in [0.25, 0.3) is 11.3 Å². The molecule has 0 atom stereocenters. The van der Waals surface area contributed by atoms with E-state index in [0.717, 1.165) is 36.2 Å². The van der Waals surface area contributed by atoms with Gasteiger partial charge in [-0.3, -0.25) is 9.48 Å². The third kappa shape index (κ3) is 1.76. The SMILES string of the molecule is O=C(O)Cn1nc(-c2ccsc2)c2c1CCC2. The Morgan fingerprint density at radius 1 is 1.53 bits per heavy atom. The van der Waals surface area contributed by atoms with E-state index in [0.29, 0.717) is 0 Å². The second-order valence-electron chi connectivity index (χ2n) is 4.19. The third-order valence-corrected chi connectivity index (χ3v) is 3.77. The van der Waals surface area contributed by atoms with E-state index in [1.165, 1.54) is 5.56 Å². The summed E-state index contributed by atoms with van der Waals surface area (Å²) in [4.78, 5) is 10.8. The Morgan fingerprint density at radius 3 is 3.12 bits per heavy atom. The Balaban J connectivity index is 2.08. The van der Waals surface area contributed by atoms with Crippen LogP contribution in [0.3, 0.4) is 0 Å². The molecule has 0 aromatic carbocycles. The van der Waals surface area contributed by atoms with Crippen LogP contribution in [0.1, 0.15) is 17.7 Å². The first-order valence-electron chi connectivity index (χ1n) is 5.58. The Kier molecular flexibility index (Phi) is 2.48. The van der Waals surface area contributed by atoms with Crippen molar-refractivity contribution in [3.8, 4) is 11.3 Å². The average molecular weight is 248 g/mol. The summed E-state index contributed by atoms with van der Waals surface area (Å²) in [6, 6.07) is 2.04. The number of carboxylic acid groups (broad SMARTS) is 1. The lowest BCUT2D eigenvalue weighted by Gasteiger charge is -2.00. The Labute approximate surface area is 103 Å². The van der Waals surface area contributed by atoms with Gasteiger partial charge in [0.1, 0.15) is 6.54 Å². The standard InChI is InChI=1S/C12H12N2O2S/c15-11(16)6-14-10-3-1-2-9(10)12(13-14)8-4-5-17-7-8/h4-5,7H,1-3,6H2,(H,15,16). The minimum absolute atomic E-state index is 0.0352. The molecule has 0 fully saturated rings. The van der Waals surface area contributed by atoms with Crippen molar-refractivity contribution < 1.29 is 9.90 Å². The highest BCUT2D eigenvalue weighted by atomic mass is 32.1. The zero-order valence-corrected chi connectivity index (χ0v) is 10.0. The molecule has 2 aromatic rings. The number of aromatic nitrogens is 2. The first-order valence-corrected chi connectivity index (χ1v) is 6.53. The minimum atomic E-state index is -0.834. The van der Waals surface area contributed by atoms with E-state index in [9.17, 15) is 4.79 Å². The van der Waals surface area contributed by atoms with Crippen molar-refractivity contribution >= 4 is 17.3 Å². The van der Waals surface area contributed by atoms with Gasteiger partial charge in [0.2, 0.25) is 0 Å². The van der Waals surface area contributed by atoms with E-state index in [1.54, 1.807) is 16.0 Å². The highest BCUT2D eigenvalue weighted by Crippen LogP contribution is 2.32. The van der Waals surface area contributed by atoms with Gasteiger partial charge in [0.25, 0.3) is 0 Å². The average Bonchev–Trinajstić information content (AvgIpc) is 2.94. The number of hydrogen-bond acceptors (Lipinski definition) is 3. The van der Waals surface area contributed by atoms with Gasteiger partial charge in [0, 0.05) is 22.2 Å². The Bertz CT molecular complexity index is 557. The van der Waals surface area contributed by atoms with E-state index in [-0.39, 0.29) is 6.54 Å². The minimum Gasteiger partial charge on any atom is -0.480 e. The molecule has 3 rings (SSSR count). The Hall–Kier alpha value is -1.62. The fourth-order valence-electron chi connectivity index (χ4n) is 2.40. The molecule has 1 N–H and O–H groups in total. The number of aliphatic carboxylic acids is 1. The lowest BCUT2D eigenvalue weighted by atomic mass is 10.1. The molecule has 0 saturated carbocycles. The molecular formula is C12H12N2O2S. The zero-order chi connectivity index (χ0) is 11.8.